The Labute approximate surface area is 167 Å². The first-order valence-electron chi connectivity index (χ1n) is 9.92. The number of amides is 4. The monoisotopic (exact) mass is 388 g/mol. The lowest BCUT2D eigenvalue weighted by atomic mass is 9.93. The molecule has 28 heavy (non-hydrogen) atoms. The number of hydrogen-bond acceptors (Lipinski definition) is 4. The molecule has 0 bridgehead atoms. The molecule has 0 spiro atoms. The van der Waals surface area contributed by atoms with Crippen LogP contribution in [0, 0.1) is 0 Å². The van der Waals surface area contributed by atoms with Crippen molar-refractivity contribution in [3.05, 3.63) is 35.4 Å². The van der Waals surface area contributed by atoms with Gasteiger partial charge in [0.15, 0.2) is 0 Å². The molecule has 0 aromatic heterocycles. The molecule has 0 unspecified atom stereocenters. The van der Waals surface area contributed by atoms with Gasteiger partial charge in [0.05, 0.1) is 0 Å². The fourth-order valence-corrected chi connectivity index (χ4v) is 3.28. The molecule has 1 aromatic rings. The van der Waals surface area contributed by atoms with Gasteiger partial charge in [0.25, 0.3) is 5.91 Å². The van der Waals surface area contributed by atoms with E-state index >= 15 is 0 Å². The van der Waals surface area contributed by atoms with Crippen LogP contribution in [0.5, 0.6) is 0 Å². The average molecular weight is 389 g/mol. The number of nitrogens with one attached hydrogen (secondary N) is 2. The second kappa shape index (κ2) is 9.19. The van der Waals surface area contributed by atoms with Crippen LogP contribution in [0.1, 0.15) is 51.7 Å². The summed E-state index contributed by atoms with van der Waals surface area (Å²) in [5, 5.41) is 5.58. The number of carbonyl (C=O) groups excluding carboxylic acids is 3. The van der Waals surface area contributed by atoms with Crippen molar-refractivity contribution in [3.8, 4) is 0 Å². The van der Waals surface area contributed by atoms with Gasteiger partial charge < -0.3 is 10.6 Å². The lowest BCUT2D eigenvalue weighted by Crippen LogP contribution is -2.46. The summed E-state index contributed by atoms with van der Waals surface area (Å²) in [6.45, 7) is 8.86. The highest BCUT2D eigenvalue weighted by Crippen LogP contribution is 2.24. The van der Waals surface area contributed by atoms with Gasteiger partial charge in [-0.05, 0) is 44.9 Å². The summed E-state index contributed by atoms with van der Waals surface area (Å²) in [7, 11) is 2.06. The number of imide groups is 1. The zero-order valence-corrected chi connectivity index (χ0v) is 17.5. The number of hydrogen-bond donors (Lipinski definition) is 2. The van der Waals surface area contributed by atoms with Crippen molar-refractivity contribution in [2.45, 2.75) is 65.2 Å². The molecule has 1 aromatic carbocycles. The molecule has 1 saturated heterocycles. The summed E-state index contributed by atoms with van der Waals surface area (Å²) in [5.41, 5.74) is 1.28. The minimum Gasteiger partial charge on any atom is -0.350 e. The van der Waals surface area contributed by atoms with Crippen LogP contribution in [0.2, 0.25) is 0 Å². The third-order valence-electron chi connectivity index (χ3n) is 5.65. The molecule has 1 aliphatic heterocycles. The van der Waals surface area contributed by atoms with Crippen molar-refractivity contribution in [1.29, 1.82) is 0 Å². The fraction of sp³-hybridized carbons (Fsp3) is 0.571. The van der Waals surface area contributed by atoms with Gasteiger partial charge in [-0.25, -0.2) is 4.79 Å². The van der Waals surface area contributed by atoms with Crippen LogP contribution in [0.4, 0.5) is 4.79 Å². The maximum Gasteiger partial charge on any atom is 0.325 e. The molecular formula is C21H32N4O3. The highest BCUT2D eigenvalue weighted by molar-refractivity contribution is 6.08. The number of rotatable bonds is 9. The Morgan fingerprint density at radius 3 is 2.32 bits per heavy atom. The Hall–Kier alpha value is -2.41. The van der Waals surface area contributed by atoms with Gasteiger partial charge in [-0.3, -0.25) is 19.4 Å². The van der Waals surface area contributed by atoms with Crippen LogP contribution in [-0.2, 0) is 22.7 Å². The minimum absolute atomic E-state index is 0.263. The van der Waals surface area contributed by atoms with Crippen molar-refractivity contribution >= 4 is 17.8 Å². The number of carbonyl (C=O) groups is 3. The standard InChI is InChI=1S/C21H32N4O3/c1-6-21(7-2)19(27)25(20(28)23-21)14-18(26)22-12-16-10-8-9-11-17(16)13-24(5)15(3)4/h8-11,15H,6-7,12-14H2,1-5H3,(H,22,26)(H,23,28). The van der Waals surface area contributed by atoms with Gasteiger partial charge in [0, 0.05) is 19.1 Å². The number of urea groups is 1. The van der Waals surface area contributed by atoms with Crippen molar-refractivity contribution in [2.75, 3.05) is 13.6 Å². The van der Waals surface area contributed by atoms with E-state index in [4.69, 9.17) is 0 Å². The molecule has 2 N–H and O–H groups in total. The predicted octanol–water partition coefficient (Wildman–Crippen LogP) is 2.25. The molecule has 1 aliphatic rings. The molecule has 7 nitrogen and oxygen atoms in total. The maximum atomic E-state index is 12.6. The Kier molecular flexibility index (Phi) is 7.18. The van der Waals surface area contributed by atoms with Gasteiger partial charge in [-0.15, -0.1) is 0 Å². The van der Waals surface area contributed by atoms with Crippen molar-refractivity contribution < 1.29 is 14.4 Å². The van der Waals surface area contributed by atoms with E-state index in [2.05, 4.69) is 42.5 Å². The molecule has 2 rings (SSSR count). The van der Waals surface area contributed by atoms with Crippen LogP contribution < -0.4 is 10.6 Å². The first kappa shape index (κ1) is 21.9. The fourth-order valence-electron chi connectivity index (χ4n) is 3.28. The van der Waals surface area contributed by atoms with E-state index in [0.717, 1.165) is 22.6 Å². The maximum absolute atomic E-state index is 12.6. The van der Waals surface area contributed by atoms with Crippen LogP contribution in [0.3, 0.4) is 0 Å². The van der Waals surface area contributed by atoms with E-state index < -0.39 is 11.6 Å². The molecule has 4 amide bonds. The zero-order valence-electron chi connectivity index (χ0n) is 17.5. The van der Waals surface area contributed by atoms with Crippen molar-refractivity contribution in [1.82, 2.24) is 20.4 Å². The number of nitrogens with zero attached hydrogens (tertiary/aromatic N) is 2. The first-order chi connectivity index (χ1) is 13.2. The second-order valence-corrected chi connectivity index (χ2v) is 7.66. The SMILES string of the molecule is CCC1(CC)NC(=O)N(CC(=O)NCc2ccccc2CN(C)C(C)C)C1=O. The largest absolute Gasteiger partial charge is 0.350 e. The molecule has 1 fully saturated rings. The second-order valence-electron chi connectivity index (χ2n) is 7.66. The van der Waals surface area contributed by atoms with E-state index in [1.165, 1.54) is 0 Å². The van der Waals surface area contributed by atoms with E-state index in [0.29, 0.717) is 25.4 Å². The van der Waals surface area contributed by atoms with Crippen LogP contribution in [0.15, 0.2) is 24.3 Å². The number of benzene rings is 1. The molecule has 154 valence electrons. The summed E-state index contributed by atoms with van der Waals surface area (Å²) < 4.78 is 0. The quantitative estimate of drug-likeness (QED) is 0.636. The average Bonchev–Trinajstić information content (AvgIpc) is 2.91. The smallest absolute Gasteiger partial charge is 0.325 e. The van der Waals surface area contributed by atoms with Crippen molar-refractivity contribution in [2.24, 2.45) is 0 Å². The molecule has 0 atom stereocenters. The molecule has 0 radical (unpaired) electrons. The lowest BCUT2D eigenvalue weighted by Gasteiger charge is -2.23. The van der Waals surface area contributed by atoms with Gasteiger partial charge in [0.2, 0.25) is 5.91 Å². The molecule has 7 heteroatoms. The van der Waals surface area contributed by atoms with E-state index in [-0.39, 0.29) is 18.4 Å². The Morgan fingerprint density at radius 2 is 1.79 bits per heavy atom. The molecule has 0 aliphatic carbocycles. The summed E-state index contributed by atoms with van der Waals surface area (Å²) in [5.74, 6) is -0.671. The van der Waals surface area contributed by atoms with E-state index in [1.807, 2.05) is 32.0 Å². The summed E-state index contributed by atoms with van der Waals surface area (Å²) in [6.07, 6.45) is 1.01. The topological polar surface area (TPSA) is 81.8 Å². The van der Waals surface area contributed by atoms with Crippen LogP contribution in [0.25, 0.3) is 0 Å². The van der Waals surface area contributed by atoms with E-state index in [9.17, 15) is 14.4 Å². The highest BCUT2D eigenvalue weighted by Gasteiger charge is 2.49. The van der Waals surface area contributed by atoms with Gasteiger partial charge >= 0.3 is 6.03 Å². The molecule has 0 saturated carbocycles. The summed E-state index contributed by atoms with van der Waals surface area (Å²) >= 11 is 0. The predicted molar refractivity (Wildman–Crippen MR) is 108 cm³/mol. The summed E-state index contributed by atoms with van der Waals surface area (Å²) in [6, 6.07) is 7.87. The molecular weight excluding hydrogens is 356 g/mol. The third-order valence-corrected chi connectivity index (χ3v) is 5.65. The van der Waals surface area contributed by atoms with Crippen LogP contribution in [-0.4, -0.2) is 52.8 Å². The summed E-state index contributed by atoms with van der Waals surface area (Å²) in [4.78, 5) is 40.4. The third kappa shape index (κ3) is 4.70. The Bertz CT molecular complexity index is 728. The van der Waals surface area contributed by atoms with Gasteiger partial charge in [0.1, 0.15) is 12.1 Å². The first-order valence-corrected chi connectivity index (χ1v) is 9.92. The van der Waals surface area contributed by atoms with Gasteiger partial charge in [-0.1, -0.05) is 38.1 Å². The Balaban J connectivity index is 1.98. The Morgan fingerprint density at radius 1 is 1.18 bits per heavy atom. The highest BCUT2D eigenvalue weighted by atomic mass is 16.2. The van der Waals surface area contributed by atoms with Crippen molar-refractivity contribution in [3.63, 3.8) is 0 Å². The lowest BCUT2D eigenvalue weighted by molar-refractivity contribution is -0.135. The normalized spacial score (nSPS) is 16.0. The molecule has 1 heterocycles. The zero-order chi connectivity index (χ0) is 20.9. The van der Waals surface area contributed by atoms with Crippen LogP contribution >= 0.6 is 0 Å². The minimum atomic E-state index is -0.884. The van der Waals surface area contributed by atoms with Gasteiger partial charge in [-0.2, -0.15) is 0 Å². The van der Waals surface area contributed by atoms with E-state index in [1.54, 1.807) is 0 Å².